The van der Waals surface area contributed by atoms with Crippen molar-refractivity contribution in [3.05, 3.63) is 0 Å². The Balaban J connectivity index is 1.87. The lowest BCUT2D eigenvalue weighted by atomic mass is 9.72. The average Bonchev–Trinajstić information content (AvgIpc) is 2.55. The van der Waals surface area contributed by atoms with Gasteiger partial charge in [0, 0.05) is 6.61 Å². The van der Waals surface area contributed by atoms with Crippen molar-refractivity contribution < 1.29 is 5.11 Å². The topological polar surface area (TPSA) is 20.2 Å². The summed E-state index contributed by atoms with van der Waals surface area (Å²) in [7, 11) is 0. The van der Waals surface area contributed by atoms with E-state index < -0.39 is 0 Å². The van der Waals surface area contributed by atoms with E-state index in [2.05, 4.69) is 0 Å². The lowest BCUT2D eigenvalue weighted by Gasteiger charge is -2.32. The van der Waals surface area contributed by atoms with Crippen molar-refractivity contribution in [3.8, 4) is 0 Å². The SMILES string of the molecule is OCC1CC12CCCC21CCCC1. The molecule has 3 aliphatic carbocycles. The minimum atomic E-state index is 0.460. The fraction of sp³-hybridized carbons (Fsp3) is 1.00. The molecule has 0 aromatic rings. The minimum Gasteiger partial charge on any atom is -0.396 e. The molecule has 0 saturated heterocycles. The van der Waals surface area contributed by atoms with Gasteiger partial charge in [-0.15, -0.1) is 0 Å². The summed E-state index contributed by atoms with van der Waals surface area (Å²) in [6.45, 7) is 0.460. The second-order valence-electron chi connectivity index (χ2n) is 5.58. The minimum absolute atomic E-state index is 0.460. The van der Waals surface area contributed by atoms with Crippen LogP contribution in [0.3, 0.4) is 0 Å². The Labute approximate surface area is 80.5 Å². The molecule has 3 fully saturated rings. The normalized spacial score (nSPS) is 46.4. The van der Waals surface area contributed by atoms with Crippen LogP contribution in [0.5, 0.6) is 0 Å². The van der Waals surface area contributed by atoms with E-state index in [1.807, 2.05) is 0 Å². The van der Waals surface area contributed by atoms with E-state index >= 15 is 0 Å². The first-order valence-corrected chi connectivity index (χ1v) is 5.94. The molecule has 2 unspecified atom stereocenters. The van der Waals surface area contributed by atoms with E-state index in [-0.39, 0.29) is 0 Å². The lowest BCUT2D eigenvalue weighted by Crippen LogP contribution is -2.25. The molecule has 0 aromatic heterocycles. The summed E-state index contributed by atoms with van der Waals surface area (Å²) in [5.41, 5.74) is 1.35. The highest BCUT2D eigenvalue weighted by Gasteiger charge is 2.67. The quantitative estimate of drug-likeness (QED) is 0.658. The predicted molar refractivity (Wildman–Crippen MR) is 52.4 cm³/mol. The summed E-state index contributed by atoms with van der Waals surface area (Å²) in [6, 6.07) is 0. The molecule has 74 valence electrons. The maximum absolute atomic E-state index is 9.28. The van der Waals surface area contributed by atoms with Crippen LogP contribution in [0.25, 0.3) is 0 Å². The second kappa shape index (κ2) is 2.50. The molecular formula is C12H20O. The van der Waals surface area contributed by atoms with Crippen LogP contribution in [0.4, 0.5) is 0 Å². The number of rotatable bonds is 1. The Morgan fingerprint density at radius 1 is 1.00 bits per heavy atom. The molecular weight excluding hydrogens is 160 g/mol. The fourth-order valence-electron chi connectivity index (χ4n) is 4.63. The molecule has 3 aliphatic rings. The smallest absolute Gasteiger partial charge is 0.0464 e. The van der Waals surface area contributed by atoms with Crippen molar-refractivity contribution in [2.75, 3.05) is 6.61 Å². The van der Waals surface area contributed by atoms with Gasteiger partial charge in [0.1, 0.15) is 0 Å². The summed E-state index contributed by atoms with van der Waals surface area (Å²) in [5.74, 6) is 0.688. The summed E-state index contributed by atoms with van der Waals surface area (Å²) in [6.07, 6.45) is 11.6. The van der Waals surface area contributed by atoms with E-state index in [1.165, 1.54) is 51.4 Å². The Bertz CT molecular complexity index is 212. The third-order valence-electron chi connectivity index (χ3n) is 5.35. The van der Waals surface area contributed by atoms with Gasteiger partial charge in [0.25, 0.3) is 0 Å². The molecule has 0 aliphatic heterocycles. The highest BCUT2D eigenvalue weighted by atomic mass is 16.3. The van der Waals surface area contributed by atoms with Crippen molar-refractivity contribution in [1.82, 2.24) is 0 Å². The monoisotopic (exact) mass is 180 g/mol. The molecule has 3 saturated carbocycles. The van der Waals surface area contributed by atoms with Crippen molar-refractivity contribution in [2.45, 2.75) is 51.4 Å². The van der Waals surface area contributed by atoms with Gasteiger partial charge in [-0.05, 0) is 48.9 Å². The third-order valence-corrected chi connectivity index (χ3v) is 5.35. The molecule has 0 amide bonds. The molecule has 0 heterocycles. The van der Waals surface area contributed by atoms with Gasteiger partial charge in [0.05, 0.1) is 0 Å². The summed E-state index contributed by atoms with van der Waals surface area (Å²) < 4.78 is 0. The first kappa shape index (κ1) is 8.28. The molecule has 2 atom stereocenters. The van der Waals surface area contributed by atoms with Crippen LogP contribution in [-0.2, 0) is 0 Å². The zero-order valence-electron chi connectivity index (χ0n) is 8.39. The average molecular weight is 180 g/mol. The largest absolute Gasteiger partial charge is 0.396 e. The van der Waals surface area contributed by atoms with E-state index in [0.717, 1.165) is 0 Å². The van der Waals surface area contributed by atoms with Gasteiger partial charge < -0.3 is 5.11 Å². The second-order valence-corrected chi connectivity index (χ2v) is 5.58. The molecule has 2 spiro atoms. The molecule has 3 rings (SSSR count). The van der Waals surface area contributed by atoms with E-state index in [1.54, 1.807) is 0 Å². The molecule has 1 N–H and O–H groups in total. The molecule has 1 heteroatoms. The zero-order valence-corrected chi connectivity index (χ0v) is 8.39. The molecule has 0 radical (unpaired) electrons. The first-order valence-electron chi connectivity index (χ1n) is 5.94. The van der Waals surface area contributed by atoms with Crippen LogP contribution in [0.15, 0.2) is 0 Å². The van der Waals surface area contributed by atoms with Gasteiger partial charge in [0.15, 0.2) is 0 Å². The van der Waals surface area contributed by atoms with Crippen LogP contribution in [-0.4, -0.2) is 11.7 Å². The van der Waals surface area contributed by atoms with Gasteiger partial charge in [0.2, 0.25) is 0 Å². The number of hydrogen-bond donors (Lipinski definition) is 1. The summed E-state index contributed by atoms with van der Waals surface area (Å²) in [4.78, 5) is 0. The van der Waals surface area contributed by atoms with E-state index in [4.69, 9.17) is 0 Å². The highest BCUT2D eigenvalue weighted by Crippen LogP contribution is 2.75. The van der Waals surface area contributed by atoms with Crippen molar-refractivity contribution in [1.29, 1.82) is 0 Å². The third kappa shape index (κ3) is 0.869. The fourth-order valence-corrected chi connectivity index (χ4v) is 4.63. The molecule has 0 aromatic carbocycles. The van der Waals surface area contributed by atoms with Crippen LogP contribution >= 0.6 is 0 Å². The van der Waals surface area contributed by atoms with Crippen LogP contribution in [0, 0.1) is 16.7 Å². The zero-order chi connectivity index (χ0) is 8.94. The van der Waals surface area contributed by atoms with E-state index in [0.29, 0.717) is 23.4 Å². The van der Waals surface area contributed by atoms with Gasteiger partial charge in [-0.3, -0.25) is 0 Å². The van der Waals surface area contributed by atoms with Crippen molar-refractivity contribution in [2.24, 2.45) is 16.7 Å². The van der Waals surface area contributed by atoms with Crippen LogP contribution < -0.4 is 0 Å². The summed E-state index contributed by atoms with van der Waals surface area (Å²) in [5, 5.41) is 9.28. The Hall–Kier alpha value is -0.0400. The summed E-state index contributed by atoms with van der Waals surface area (Å²) >= 11 is 0. The maximum Gasteiger partial charge on any atom is 0.0464 e. The standard InChI is InChI=1S/C12H20O/c13-9-10-8-12(10)7-3-6-11(12)4-1-2-5-11/h10,13H,1-9H2. The number of hydrogen-bond acceptors (Lipinski definition) is 1. The highest BCUT2D eigenvalue weighted by molar-refractivity contribution is 5.16. The lowest BCUT2D eigenvalue weighted by molar-refractivity contribution is 0.142. The Morgan fingerprint density at radius 2 is 1.69 bits per heavy atom. The number of aliphatic hydroxyl groups excluding tert-OH is 1. The molecule has 13 heavy (non-hydrogen) atoms. The van der Waals surface area contributed by atoms with Crippen molar-refractivity contribution >= 4 is 0 Å². The molecule has 1 nitrogen and oxygen atoms in total. The first-order chi connectivity index (χ1) is 6.33. The number of aliphatic hydroxyl groups is 1. The van der Waals surface area contributed by atoms with Crippen LogP contribution in [0.1, 0.15) is 51.4 Å². The predicted octanol–water partition coefficient (Wildman–Crippen LogP) is 2.73. The Morgan fingerprint density at radius 3 is 2.31 bits per heavy atom. The van der Waals surface area contributed by atoms with Gasteiger partial charge in [-0.1, -0.05) is 19.3 Å². The van der Waals surface area contributed by atoms with Gasteiger partial charge in [-0.2, -0.15) is 0 Å². The Kier molecular flexibility index (Phi) is 1.59. The van der Waals surface area contributed by atoms with Gasteiger partial charge >= 0.3 is 0 Å². The van der Waals surface area contributed by atoms with E-state index in [9.17, 15) is 5.11 Å². The van der Waals surface area contributed by atoms with Crippen molar-refractivity contribution in [3.63, 3.8) is 0 Å². The molecule has 0 bridgehead atoms. The van der Waals surface area contributed by atoms with Gasteiger partial charge in [-0.25, -0.2) is 0 Å². The van der Waals surface area contributed by atoms with Crippen LogP contribution in [0.2, 0.25) is 0 Å². The number of fused-ring (bicyclic) bond motifs is 1. The maximum atomic E-state index is 9.28.